The number of piperidine rings is 1. The van der Waals surface area contributed by atoms with E-state index in [4.69, 9.17) is 9.63 Å². The number of carboxylic acid groups (broad SMARTS) is 1. The molecule has 0 radical (unpaired) electrons. The molecule has 25 heavy (non-hydrogen) atoms. The Kier molecular flexibility index (Phi) is 4.69. The first-order valence-corrected chi connectivity index (χ1v) is 7.96. The van der Waals surface area contributed by atoms with E-state index in [1.165, 1.54) is 12.1 Å². The predicted molar refractivity (Wildman–Crippen MR) is 87.4 cm³/mol. The van der Waals surface area contributed by atoms with Crippen molar-refractivity contribution in [2.45, 2.75) is 13.3 Å². The second-order valence-corrected chi connectivity index (χ2v) is 6.14. The third-order valence-electron chi connectivity index (χ3n) is 4.39. The van der Waals surface area contributed by atoms with Crippen LogP contribution in [0.3, 0.4) is 0 Å². The fraction of sp³-hybridized carbons (Fsp3) is 0.353. The molecule has 2 N–H and O–H groups in total. The van der Waals surface area contributed by atoms with Gasteiger partial charge in [0.05, 0.1) is 11.5 Å². The van der Waals surface area contributed by atoms with E-state index in [0.29, 0.717) is 19.5 Å². The SMILES string of the molecule is CC1CN(C(=O)Nc2cc(-c3ccccc3F)on2)CCC1C(=O)O. The average Bonchev–Trinajstić information content (AvgIpc) is 3.03. The van der Waals surface area contributed by atoms with Crippen molar-refractivity contribution >= 4 is 17.8 Å². The zero-order valence-corrected chi connectivity index (χ0v) is 13.6. The van der Waals surface area contributed by atoms with E-state index in [1.54, 1.807) is 23.1 Å². The number of urea groups is 1. The lowest BCUT2D eigenvalue weighted by atomic mass is 9.87. The molecule has 0 saturated carbocycles. The summed E-state index contributed by atoms with van der Waals surface area (Å²) in [5.41, 5.74) is 0.256. The van der Waals surface area contributed by atoms with Crippen LogP contribution in [0.2, 0.25) is 0 Å². The quantitative estimate of drug-likeness (QED) is 0.890. The summed E-state index contributed by atoms with van der Waals surface area (Å²) in [6.45, 7) is 2.51. The Morgan fingerprint density at radius 3 is 2.84 bits per heavy atom. The van der Waals surface area contributed by atoms with Crippen LogP contribution in [-0.4, -0.2) is 40.3 Å². The molecule has 0 aliphatic carbocycles. The molecule has 1 aliphatic heterocycles. The van der Waals surface area contributed by atoms with Gasteiger partial charge in [-0.2, -0.15) is 0 Å². The number of likely N-dealkylation sites (tertiary alicyclic amines) is 1. The fourth-order valence-corrected chi connectivity index (χ4v) is 3.01. The van der Waals surface area contributed by atoms with Gasteiger partial charge in [-0.1, -0.05) is 24.2 Å². The van der Waals surface area contributed by atoms with Crippen LogP contribution in [0.15, 0.2) is 34.9 Å². The van der Waals surface area contributed by atoms with Gasteiger partial charge >= 0.3 is 12.0 Å². The van der Waals surface area contributed by atoms with Crippen molar-refractivity contribution in [1.29, 1.82) is 0 Å². The Morgan fingerprint density at radius 1 is 1.40 bits per heavy atom. The van der Waals surface area contributed by atoms with Gasteiger partial charge < -0.3 is 14.5 Å². The second kappa shape index (κ2) is 6.92. The van der Waals surface area contributed by atoms with Gasteiger partial charge in [0, 0.05) is 19.2 Å². The van der Waals surface area contributed by atoms with Crippen LogP contribution in [-0.2, 0) is 4.79 Å². The Labute approximate surface area is 143 Å². The molecule has 7 nitrogen and oxygen atoms in total. The Balaban J connectivity index is 1.65. The average molecular weight is 347 g/mol. The minimum absolute atomic E-state index is 0.136. The third-order valence-corrected chi connectivity index (χ3v) is 4.39. The molecule has 132 valence electrons. The number of amides is 2. The number of anilines is 1. The van der Waals surface area contributed by atoms with Gasteiger partial charge in [-0.25, -0.2) is 9.18 Å². The Morgan fingerprint density at radius 2 is 2.16 bits per heavy atom. The maximum Gasteiger partial charge on any atom is 0.323 e. The summed E-state index contributed by atoms with van der Waals surface area (Å²) in [5, 5.41) is 15.5. The summed E-state index contributed by atoms with van der Waals surface area (Å²) in [6, 6.07) is 7.17. The highest BCUT2D eigenvalue weighted by Crippen LogP contribution is 2.26. The summed E-state index contributed by atoms with van der Waals surface area (Å²) >= 11 is 0. The van der Waals surface area contributed by atoms with Gasteiger partial charge in [0.15, 0.2) is 11.6 Å². The smallest absolute Gasteiger partial charge is 0.323 e. The van der Waals surface area contributed by atoms with Gasteiger partial charge in [-0.3, -0.25) is 10.1 Å². The van der Waals surface area contributed by atoms with Crippen molar-refractivity contribution in [3.63, 3.8) is 0 Å². The van der Waals surface area contributed by atoms with Crippen LogP contribution in [0.4, 0.5) is 15.0 Å². The van der Waals surface area contributed by atoms with E-state index >= 15 is 0 Å². The molecular weight excluding hydrogens is 329 g/mol. The maximum absolute atomic E-state index is 13.8. The molecule has 0 bridgehead atoms. The summed E-state index contributed by atoms with van der Waals surface area (Å²) in [6.07, 6.45) is 0.406. The number of nitrogens with one attached hydrogen (secondary N) is 1. The first kappa shape index (κ1) is 16.9. The van der Waals surface area contributed by atoms with E-state index in [1.807, 2.05) is 6.92 Å². The van der Waals surface area contributed by atoms with Crippen LogP contribution < -0.4 is 5.32 Å². The van der Waals surface area contributed by atoms with Crippen molar-refractivity contribution in [1.82, 2.24) is 10.1 Å². The number of benzene rings is 1. The number of aromatic nitrogens is 1. The lowest BCUT2D eigenvalue weighted by molar-refractivity contribution is -0.145. The summed E-state index contributed by atoms with van der Waals surface area (Å²) in [4.78, 5) is 25.0. The standard InChI is InChI=1S/C17H18FN3O4/c1-10-9-21(7-6-11(10)16(22)23)17(24)19-15-8-14(25-20-15)12-4-2-3-5-13(12)18/h2-5,8,10-11H,6-7,9H2,1H3,(H,22,23)(H,19,20,24). The number of nitrogens with zero attached hydrogens (tertiary/aromatic N) is 2. The first-order chi connectivity index (χ1) is 12.0. The van der Waals surface area contributed by atoms with Crippen molar-refractivity contribution < 1.29 is 23.6 Å². The molecular formula is C17H18FN3O4. The number of carbonyl (C=O) groups is 2. The zero-order chi connectivity index (χ0) is 18.0. The molecule has 1 aromatic carbocycles. The molecule has 2 amide bonds. The van der Waals surface area contributed by atoms with Gasteiger partial charge in [-0.15, -0.1) is 0 Å². The summed E-state index contributed by atoms with van der Waals surface area (Å²) in [5.74, 6) is -1.46. The molecule has 1 aromatic heterocycles. The maximum atomic E-state index is 13.8. The number of halogens is 1. The van der Waals surface area contributed by atoms with Gasteiger partial charge in [-0.05, 0) is 24.5 Å². The van der Waals surface area contributed by atoms with E-state index in [0.717, 1.165) is 0 Å². The Hall–Kier alpha value is -2.90. The van der Waals surface area contributed by atoms with E-state index in [9.17, 15) is 14.0 Å². The molecule has 1 fully saturated rings. The number of carbonyl (C=O) groups excluding carboxylic acids is 1. The van der Waals surface area contributed by atoms with Crippen LogP contribution in [0.1, 0.15) is 13.3 Å². The van der Waals surface area contributed by atoms with Crippen LogP contribution in [0.25, 0.3) is 11.3 Å². The van der Waals surface area contributed by atoms with Crippen LogP contribution in [0, 0.1) is 17.7 Å². The van der Waals surface area contributed by atoms with Crippen LogP contribution in [0.5, 0.6) is 0 Å². The van der Waals surface area contributed by atoms with E-state index in [2.05, 4.69) is 10.5 Å². The monoisotopic (exact) mass is 347 g/mol. The molecule has 2 heterocycles. The number of carboxylic acids is 1. The Bertz CT molecular complexity index is 792. The summed E-state index contributed by atoms with van der Waals surface area (Å²) < 4.78 is 18.8. The highest BCUT2D eigenvalue weighted by Gasteiger charge is 2.33. The van der Waals surface area contributed by atoms with Crippen molar-refractivity contribution in [2.75, 3.05) is 18.4 Å². The van der Waals surface area contributed by atoms with Crippen LogP contribution >= 0.6 is 0 Å². The molecule has 2 unspecified atom stereocenters. The molecule has 8 heteroatoms. The minimum atomic E-state index is -0.835. The molecule has 2 atom stereocenters. The molecule has 1 saturated heterocycles. The van der Waals surface area contributed by atoms with Crippen molar-refractivity contribution in [3.05, 3.63) is 36.1 Å². The molecule has 0 spiro atoms. The minimum Gasteiger partial charge on any atom is -0.481 e. The zero-order valence-electron chi connectivity index (χ0n) is 13.6. The molecule has 2 aromatic rings. The third kappa shape index (κ3) is 3.62. The van der Waals surface area contributed by atoms with Gasteiger partial charge in [0.25, 0.3) is 0 Å². The fourth-order valence-electron chi connectivity index (χ4n) is 3.01. The van der Waals surface area contributed by atoms with E-state index < -0.39 is 17.7 Å². The largest absolute Gasteiger partial charge is 0.481 e. The highest BCUT2D eigenvalue weighted by atomic mass is 19.1. The van der Waals surface area contributed by atoms with E-state index in [-0.39, 0.29) is 29.1 Å². The highest BCUT2D eigenvalue weighted by molar-refractivity contribution is 5.89. The number of rotatable bonds is 3. The lowest BCUT2D eigenvalue weighted by Gasteiger charge is -2.34. The molecule has 3 rings (SSSR count). The normalized spacial score (nSPS) is 20.3. The first-order valence-electron chi connectivity index (χ1n) is 7.96. The number of hydrogen-bond donors (Lipinski definition) is 2. The topological polar surface area (TPSA) is 95.7 Å². The number of hydrogen-bond acceptors (Lipinski definition) is 4. The lowest BCUT2D eigenvalue weighted by Crippen LogP contribution is -2.46. The van der Waals surface area contributed by atoms with Crippen molar-refractivity contribution in [2.24, 2.45) is 11.8 Å². The predicted octanol–water partition coefficient (Wildman–Crippen LogP) is 3.06. The summed E-state index contributed by atoms with van der Waals surface area (Å²) in [7, 11) is 0. The molecule has 1 aliphatic rings. The second-order valence-electron chi connectivity index (χ2n) is 6.14. The van der Waals surface area contributed by atoms with Crippen molar-refractivity contribution in [3.8, 4) is 11.3 Å². The number of aliphatic carboxylic acids is 1. The van der Waals surface area contributed by atoms with Gasteiger partial charge in [0.1, 0.15) is 5.82 Å². The van der Waals surface area contributed by atoms with Gasteiger partial charge in [0.2, 0.25) is 0 Å².